The van der Waals surface area contributed by atoms with Gasteiger partial charge < -0.3 is 0 Å². The van der Waals surface area contributed by atoms with E-state index >= 15 is 0 Å². The molecule has 1 N–H and O–H groups in total. The second-order valence-corrected chi connectivity index (χ2v) is 5.28. The topological polar surface area (TPSA) is 106 Å². The van der Waals surface area contributed by atoms with E-state index in [4.69, 9.17) is 11.6 Å². The predicted molar refractivity (Wildman–Crippen MR) is 60.4 cm³/mol. The monoisotopic (exact) mass is 278 g/mol. The fourth-order valence-corrected chi connectivity index (χ4v) is 1.73. The number of sulfonamides is 1. The molecule has 0 aliphatic heterocycles. The lowest BCUT2D eigenvalue weighted by molar-refractivity contribution is -0.384. The van der Waals surface area contributed by atoms with E-state index in [1.807, 2.05) is 0 Å². The third-order valence-electron chi connectivity index (χ3n) is 1.69. The Morgan fingerprint density at radius 1 is 1.47 bits per heavy atom. The van der Waals surface area contributed by atoms with E-state index in [-0.39, 0.29) is 16.3 Å². The van der Waals surface area contributed by atoms with Crippen LogP contribution in [0.15, 0.2) is 18.2 Å². The highest BCUT2D eigenvalue weighted by Gasteiger charge is 2.17. The summed E-state index contributed by atoms with van der Waals surface area (Å²) >= 11 is 5.64. The van der Waals surface area contributed by atoms with Crippen LogP contribution in [0.2, 0.25) is 5.02 Å². The van der Waals surface area contributed by atoms with E-state index < -0.39 is 20.9 Å². The molecule has 1 aromatic rings. The van der Waals surface area contributed by atoms with Gasteiger partial charge in [-0.3, -0.25) is 14.9 Å². The second-order valence-electron chi connectivity index (χ2n) is 3.12. The number of hydrogen-bond acceptors (Lipinski definition) is 5. The molecule has 92 valence electrons. The van der Waals surface area contributed by atoms with Gasteiger partial charge in [0.05, 0.1) is 21.8 Å². The summed E-state index contributed by atoms with van der Waals surface area (Å²) in [5.74, 6) is -0.938. The van der Waals surface area contributed by atoms with E-state index in [1.54, 1.807) is 4.72 Å². The summed E-state index contributed by atoms with van der Waals surface area (Å²) in [6.07, 6.45) is 0.810. The summed E-state index contributed by atoms with van der Waals surface area (Å²) in [6, 6.07) is 3.11. The predicted octanol–water partition coefficient (Wildman–Crippen LogP) is 0.938. The lowest BCUT2D eigenvalue weighted by atomic mass is 10.2. The van der Waals surface area contributed by atoms with Crippen molar-refractivity contribution in [2.24, 2.45) is 0 Å². The number of benzene rings is 1. The van der Waals surface area contributed by atoms with Gasteiger partial charge in [0.1, 0.15) is 0 Å². The largest absolute Gasteiger partial charge is 0.270 e. The molecule has 0 radical (unpaired) electrons. The number of nitrogens with zero attached hydrogens (tertiary/aromatic N) is 1. The Morgan fingerprint density at radius 3 is 2.47 bits per heavy atom. The van der Waals surface area contributed by atoms with Gasteiger partial charge in [0.25, 0.3) is 11.6 Å². The van der Waals surface area contributed by atoms with Gasteiger partial charge in [-0.1, -0.05) is 11.6 Å². The first kappa shape index (κ1) is 13.4. The zero-order valence-corrected chi connectivity index (χ0v) is 10.1. The molecule has 9 heteroatoms. The van der Waals surface area contributed by atoms with Crippen LogP contribution < -0.4 is 4.72 Å². The van der Waals surface area contributed by atoms with Crippen molar-refractivity contribution >= 4 is 33.2 Å². The summed E-state index contributed by atoms with van der Waals surface area (Å²) in [4.78, 5) is 21.2. The zero-order chi connectivity index (χ0) is 13.2. The van der Waals surface area contributed by atoms with Crippen LogP contribution in [0.1, 0.15) is 10.4 Å². The molecule has 17 heavy (non-hydrogen) atoms. The summed E-state index contributed by atoms with van der Waals surface area (Å²) in [6.45, 7) is 0. The molecule has 0 heterocycles. The second kappa shape index (κ2) is 4.68. The highest BCUT2D eigenvalue weighted by atomic mass is 35.5. The Labute approximate surface area is 102 Å². The van der Waals surface area contributed by atoms with Crippen LogP contribution in [0, 0.1) is 10.1 Å². The summed E-state index contributed by atoms with van der Waals surface area (Å²) in [7, 11) is -3.71. The van der Waals surface area contributed by atoms with Crippen LogP contribution in [0.5, 0.6) is 0 Å². The molecule has 0 aliphatic rings. The van der Waals surface area contributed by atoms with Crippen molar-refractivity contribution in [1.82, 2.24) is 4.72 Å². The number of rotatable bonds is 3. The fraction of sp³-hybridized carbons (Fsp3) is 0.125. The minimum atomic E-state index is -3.71. The van der Waals surface area contributed by atoms with Gasteiger partial charge in [-0.2, -0.15) is 0 Å². The number of halogens is 1. The van der Waals surface area contributed by atoms with E-state index in [0.717, 1.165) is 24.5 Å². The van der Waals surface area contributed by atoms with Crippen molar-refractivity contribution < 1.29 is 18.1 Å². The van der Waals surface area contributed by atoms with Gasteiger partial charge in [0.15, 0.2) is 0 Å². The number of nitro benzene ring substituents is 1. The standard InChI is InChI=1S/C8H7ClN2O5S/c1-17(15,16)10-8(12)6-3-2-5(11(13)14)4-7(6)9/h2-4H,1H3,(H,10,12). The van der Waals surface area contributed by atoms with Gasteiger partial charge in [-0.05, 0) is 6.07 Å². The molecule has 0 aliphatic carbocycles. The van der Waals surface area contributed by atoms with E-state index in [9.17, 15) is 23.3 Å². The van der Waals surface area contributed by atoms with Crippen LogP contribution in [0.4, 0.5) is 5.69 Å². The van der Waals surface area contributed by atoms with Gasteiger partial charge >= 0.3 is 0 Å². The molecule has 1 rings (SSSR count). The maximum Gasteiger partial charge on any atom is 0.270 e. The third-order valence-corrected chi connectivity index (χ3v) is 2.56. The van der Waals surface area contributed by atoms with Crippen molar-refractivity contribution in [3.8, 4) is 0 Å². The first-order chi connectivity index (χ1) is 7.70. The number of hydrogen-bond donors (Lipinski definition) is 1. The molecular formula is C8H7ClN2O5S. The number of amides is 1. The summed E-state index contributed by atoms with van der Waals surface area (Å²) < 4.78 is 23.3. The molecule has 1 aromatic carbocycles. The van der Waals surface area contributed by atoms with Crippen LogP contribution >= 0.6 is 11.6 Å². The minimum absolute atomic E-state index is 0.150. The Bertz CT molecular complexity index is 584. The normalized spacial score (nSPS) is 10.9. The minimum Gasteiger partial charge on any atom is -0.268 e. The first-order valence-corrected chi connectivity index (χ1v) is 6.43. The Morgan fingerprint density at radius 2 is 2.06 bits per heavy atom. The van der Waals surface area contributed by atoms with Crippen molar-refractivity contribution in [3.63, 3.8) is 0 Å². The van der Waals surface area contributed by atoms with Crippen molar-refractivity contribution in [3.05, 3.63) is 38.9 Å². The smallest absolute Gasteiger partial charge is 0.268 e. The molecule has 0 saturated carbocycles. The van der Waals surface area contributed by atoms with Crippen molar-refractivity contribution in [2.75, 3.05) is 6.26 Å². The van der Waals surface area contributed by atoms with E-state index in [0.29, 0.717) is 0 Å². The number of nitrogens with one attached hydrogen (secondary N) is 1. The van der Waals surface area contributed by atoms with Crippen molar-refractivity contribution in [1.29, 1.82) is 0 Å². The maximum absolute atomic E-state index is 11.4. The molecule has 0 spiro atoms. The van der Waals surface area contributed by atoms with E-state index in [1.165, 1.54) is 0 Å². The Balaban J connectivity index is 3.09. The number of nitro groups is 1. The van der Waals surface area contributed by atoms with Gasteiger partial charge in [0.2, 0.25) is 10.0 Å². The van der Waals surface area contributed by atoms with Gasteiger partial charge in [0, 0.05) is 12.1 Å². The molecular weight excluding hydrogens is 272 g/mol. The van der Waals surface area contributed by atoms with Crippen molar-refractivity contribution in [2.45, 2.75) is 0 Å². The molecule has 0 aromatic heterocycles. The third kappa shape index (κ3) is 3.68. The molecule has 7 nitrogen and oxygen atoms in total. The molecule has 0 atom stereocenters. The average Bonchev–Trinajstić information content (AvgIpc) is 2.14. The summed E-state index contributed by atoms with van der Waals surface area (Å²) in [5.41, 5.74) is -0.436. The Hall–Kier alpha value is -1.67. The lowest BCUT2D eigenvalue weighted by Gasteiger charge is -2.04. The highest BCUT2D eigenvalue weighted by molar-refractivity contribution is 7.89. The van der Waals surface area contributed by atoms with Crippen LogP contribution in [0.3, 0.4) is 0 Å². The lowest BCUT2D eigenvalue weighted by Crippen LogP contribution is -2.29. The molecule has 1 amide bonds. The highest BCUT2D eigenvalue weighted by Crippen LogP contribution is 2.22. The van der Waals surface area contributed by atoms with Gasteiger partial charge in [-0.15, -0.1) is 0 Å². The number of carbonyl (C=O) groups is 1. The van der Waals surface area contributed by atoms with E-state index in [2.05, 4.69) is 0 Å². The molecule has 0 unspecified atom stereocenters. The summed E-state index contributed by atoms with van der Waals surface area (Å²) in [5, 5.41) is 10.2. The molecule has 0 bridgehead atoms. The SMILES string of the molecule is CS(=O)(=O)NC(=O)c1ccc([N+](=O)[O-])cc1Cl. The maximum atomic E-state index is 11.4. The van der Waals surface area contributed by atoms with Crippen LogP contribution in [-0.2, 0) is 10.0 Å². The Kier molecular flexibility index (Phi) is 3.69. The first-order valence-electron chi connectivity index (χ1n) is 4.17. The fourth-order valence-electron chi connectivity index (χ4n) is 1.03. The number of carbonyl (C=O) groups excluding carboxylic acids is 1. The van der Waals surface area contributed by atoms with Gasteiger partial charge in [-0.25, -0.2) is 13.1 Å². The quantitative estimate of drug-likeness (QED) is 0.654. The van der Waals surface area contributed by atoms with Crippen LogP contribution in [-0.4, -0.2) is 25.5 Å². The van der Waals surface area contributed by atoms with Crippen LogP contribution in [0.25, 0.3) is 0 Å². The average molecular weight is 279 g/mol. The molecule has 0 saturated heterocycles. The molecule has 0 fully saturated rings. The zero-order valence-electron chi connectivity index (χ0n) is 8.51. The number of non-ortho nitro benzene ring substituents is 1.